The Hall–Kier alpha value is -2.60. The fourth-order valence-electron chi connectivity index (χ4n) is 1.57. The quantitative estimate of drug-likeness (QED) is 0.664. The van der Waals surface area contributed by atoms with Crippen molar-refractivity contribution in [1.29, 1.82) is 0 Å². The molecule has 0 bridgehead atoms. The molecule has 0 aromatic heterocycles. The second kappa shape index (κ2) is 6.03. The molecule has 20 heavy (non-hydrogen) atoms. The molecule has 0 atom stereocenters. The van der Waals surface area contributed by atoms with Crippen molar-refractivity contribution >= 4 is 34.7 Å². The highest BCUT2D eigenvalue weighted by atomic mass is 35.5. The maximum Gasteiger partial charge on any atom is 0.323 e. The standard InChI is InChI=1S/C13H10ClN3O3/c14-9-6-7-11(12(8-9)17(19)20)16-13(18)15-10-4-2-1-3-5-10/h1-8H,(H2,15,16,18). The van der Waals surface area contributed by atoms with Gasteiger partial charge in [-0.3, -0.25) is 10.1 Å². The van der Waals surface area contributed by atoms with Gasteiger partial charge in [0.25, 0.3) is 5.69 Å². The van der Waals surface area contributed by atoms with E-state index in [2.05, 4.69) is 10.6 Å². The summed E-state index contributed by atoms with van der Waals surface area (Å²) >= 11 is 5.69. The maximum atomic E-state index is 11.8. The Balaban J connectivity index is 2.14. The van der Waals surface area contributed by atoms with Crippen LogP contribution in [0.5, 0.6) is 0 Å². The number of carbonyl (C=O) groups is 1. The lowest BCUT2D eigenvalue weighted by molar-refractivity contribution is -0.383. The number of nitrogens with one attached hydrogen (secondary N) is 2. The lowest BCUT2D eigenvalue weighted by Gasteiger charge is -2.08. The number of nitrogens with zero attached hydrogens (tertiary/aromatic N) is 1. The average molecular weight is 292 g/mol. The number of amides is 2. The van der Waals surface area contributed by atoms with Gasteiger partial charge in [-0.1, -0.05) is 29.8 Å². The molecule has 0 aliphatic heterocycles. The number of carbonyl (C=O) groups excluding carboxylic acids is 1. The molecule has 0 fully saturated rings. The minimum Gasteiger partial charge on any atom is -0.308 e. The molecule has 0 aliphatic carbocycles. The second-order valence-electron chi connectivity index (χ2n) is 3.86. The van der Waals surface area contributed by atoms with E-state index >= 15 is 0 Å². The van der Waals surface area contributed by atoms with Gasteiger partial charge in [0.15, 0.2) is 0 Å². The molecule has 2 rings (SSSR count). The van der Waals surface area contributed by atoms with Crippen LogP contribution in [0.3, 0.4) is 0 Å². The Morgan fingerprint density at radius 3 is 2.45 bits per heavy atom. The summed E-state index contributed by atoms with van der Waals surface area (Å²) in [6.07, 6.45) is 0. The van der Waals surface area contributed by atoms with E-state index in [0.717, 1.165) is 0 Å². The molecule has 0 spiro atoms. The summed E-state index contributed by atoms with van der Waals surface area (Å²) in [4.78, 5) is 22.0. The SMILES string of the molecule is O=C(Nc1ccccc1)Nc1ccc(Cl)cc1[N+](=O)[O-]. The molecular formula is C13H10ClN3O3. The Morgan fingerprint density at radius 1 is 1.10 bits per heavy atom. The van der Waals surface area contributed by atoms with Gasteiger partial charge in [0, 0.05) is 16.8 Å². The first-order valence-electron chi connectivity index (χ1n) is 5.63. The van der Waals surface area contributed by atoms with Crippen molar-refractivity contribution < 1.29 is 9.72 Å². The Labute approximate surface area is 119 Å². The van der Waals surface area contributed by atoms with E-state index in [9.17, 15) is 14.9 Å². The van der Waals surface area contributed by atoms with Gasteiger partial charge in [0.1, 0.15) is 5.69 Å². The minimum atomic E-state index is -0.607. The number of nitro benzene ring substituents is 1. The van der Waals surface area contributed by atoms with Crippen LogP contribution < -0.4 is 10.6 Å². The van der Waals surface area contributed by atoms with E-state index in [1.165, 1.54) is 18.2 Å². The highest BCUT2D eigenvalue weighted by molar-refractivity contribution is 6.31. The zero-order valence-corrected chi connectivity index (χ0v) is 10.9. The summed E-state index contributed by atoms with van der Waals surface area (Å²) in [6.45, 7) is 0. The number of para-hydroxylation sites is 1. The summed E-state index contributed by atoms with van der Waals surface area (Å²) in [5, 5.41) is 16.1. The smallest absolute Gasteiger partial charge is 0.308 e. The summed E-state index contributed by atoms with van der Waals surface area (Å²) in [5.74, 6) is 0. The van der Waals surface area contributed by atoms with Crippen molar-refractivity contribution in [2.45, 2.75) is 0 Å². The third-order valence-electron chi connectivity index (χ3n) is 2.44. The van der Waals surface area contributed by atoms with Crippen LogP contribution in [0.4, 0.5) is 21.9 Å². The van der Waals surface area contributed by atoms with Gasteiger partial charge in [0.2, 0.25) is 0 Å². The first-order chi connectivity index (χ1) is 9.56. The molecule has 0 radical (unpaired) electrons. The van der Waals surface area contributed by atoms with Crippen LogP contribution in [0.15, 0.2) is 48.5 Å². The van der Waals surface area contributed by atoms with Crippen molar-refractivity contribution in [3.05, 3.63) is 63.7 Å². The van der Waals surface area contributed by atoms with Crippen LogP contribution in [0.1, 0.15) is 0 Å². The zero-order valence-electron chi connectivity index (χ0n) is 10.2. The molecule has 7 heteroatoms. The van der Waals surface area contributed by atoms with Crippen LogP contribution in [-0.4, -0.2) is 11.0 Å². The number of rotatable bonds is 3. The number of benzene rings is 2. The Kier molecular flexibility index (Phi) is 4.17. The first-order valence-corrected chi connectivity index (χ1v) is 6.01. The monoisotopic (exact) mass is 291 g/mol. The van der Waals surface area contributed by atoms with Crippen LogP contribution in [-0.2, 0) is 0 Å². The lowest BCUT2D eigenvalue weighted by atomic mass is 10.2. The Morgan fingerprint density at radius 2 is 1.80 bits per heavy atom. The predicted octanol–water partition coefficient (Wildman–Crippen LogP) is 3.89. The molecule has 0 saturated heterocycles. The zero-order chi connectivity index (χ0) is 14.5. The molecule has 2 amide bonds. The Bertz CT molecular complexity index is 647. The average Bonchev–Trinajstić information content (AvgIpc) is 2.41. The topological polar surface area (TPSA) is 84.3 Å². The largest absolute Gasteiger partial charge is 0.323 e. The van der Waals surface area contributed by atoms with E-state index < -0.39 is 11.0 Å². The summed E-state index contributed by atoms with van der Waals surface area (Å²) in [7, 11) is 0. The second-order valence-corrected chi connectivity index (χ2v) is 4.30. The highest BCUT2D eigenvalue weighted by Gasteiger charge is 2.16. The van der Waals surface area contributed by atoms with Gasteiger partial charge >= 0.3 is 6.03 Å². The molecule has 102 valence electrons. The van der Waals surface area contributed by atoms with Crippen molar-refractivity contribution in [3.63, 3.8) is 0 Å². The molecule has 2 aromatic carbocycles. The van der Waals surface area contributed by atoms with Crippen molar-refractivity contribution in [2.75, 3.05) is 10.6 Å². The number of nitro groups is 1. The van der Waals surface area contributed by atoms with Gasteiger partial charge in [-0.25, -0.2) is 4.79 Å². The first kappa shape index (κ1) is 13.8. The number of hydrogen-bond donors (Lipinski definition) is 2. The van der Waals surface area contributed by atoms with E-state index in [4.69, 9.17) is 11.6 Å². The van der Waals surface area contributed by atoms with Crippen LogP contribution in [0.25, 0.3) is 0 Å². The lowest BCUT2D eigenvalue weighted by Crippen LogP contribution is -2.19. The third-order valence-corrected chi connectivity index (χ3v) is 2.67. The summed E-state index contributed by atoms with van der Waals surface area (Å²) < 4.78 is 0. The van der Waals surface area contributed by atoms with Crippen molar-refractivity contribution in [2.24, 2.45) is 0 Å². The predicted molar refractivity (Wildman–Crippen MR) is 77.2 cm³/mol. The van der Waals surface area contributed by atoms with Gasteiger partial charge in [-0.05, 0) is 24.3 Å². The molecule has 2 N–H and O–H groups in total. The van der Waals surface area contributed by atoms with Crippen molar-refractivity contribution in [3.8, 4) is 0 Å². The maximum absolute atomic E-state index is 11.8. The molecule has 0 saturated carbocycles. The highest BCUT2D eigenvalue weighted by Crippen LogP contribution is 2.27. The van der Waals surface area contributed by atoms with Crippen LogP contribution in [0.2, 0.25) is 5.02 Å². The number of urea groups is 1. The van der Waals surface area contributed by atoms with Gasteiger partial charge in [0.05, 0.1) is 4.92 Å². The molecular weight excluding hydrogens is 282 g/mol. The van der Waals surface area contributed by atoms with Crippen LogP contribution >= 0.6 is 11.6 Å². The van der Waals surface area contributed by atoms with E-state index in [1.54, 1.807) is 24.3 Å². The molecule has 6 nitrogen and oxygen atoms in total. The number of anilines is 2. The summed E-state index contributed by atoms with van der Waals surface area (Å²) in [6, 6.07) is 12.2. The van der Waals surface area contributed by atoms with Crippen LogP contribution in [0, 0.1) is 10.1 Å². The van der Waals surface area contributed by atoms with E-state index in [1.807, 2.05) is 6.07 Å². The molecule has 0 heterocycles. The number of halogens is 1. The fraction of sp³-hybridized carbons (Fsp3) is 0. The molecule has 2 aromatic rings. The van der Waals surface area contributed by atoms with Crippen molar-refractivity contribution in [1.82, 2.24) is 0 Å². The normalized spacial score (nSPS) is 9.85. The third kappa shape index (κ3) is 3.46. The molecule has 0 aliphatic rings. The molecule has 0 unspecified atom stereocenters. The minimum absolute atomic E-state index is 0.0767. The van der Waals surface area contributed by atoms with Gasteiger partial charge < -0.3 is 10.6 Å². The van der Waals surface area contributed by atoms with Gasteiger partial charge in [-0.15, -0.1) is 0 Å². The summed E-state index contributed by atoms with van der Waals surface area (Å²) in [5.41, 5.74) is 0.398. The van der Waals surface area contributed by atoms with E-state index in [0.29, 0.717) is 5.69 Å². The fourth-order valence-corrected chi connectivity index (χ4v) is 1.73. The number of hydrogen-bond acceptors (Lipinski definition) is 3. The van der Waals surface area contributed by atoms with E-state index in [-0.39, 0.29) is 16.4 Å². The van der Waals surface area contributed by atoms with Gasteiger partial charge in [-0.2, -0.15) is 0 Å².